The smallest absolute Gasteiger partial charge is 0.241 e. The molecule has 36 heavy (non-hydrogen) atoms. The van der Waals surface area contributed by atoms with Crippen molar-refractivity contribution >= 4 is 38.6 Å². The molecule has 8 N–H and O–H groups in total. The molecule has 3 aromatic rings. The van der Waals surface area contributed by atoms with E-state index in [4.69, 9.17) is 17.2 Å². The number of nitrogens with one attached hydrogen (secondary N) is 2. The Kier molecular flexibility index (Phi) is 8.98. The van der Waals surface area contributed by atoms with Crippen LogP contribution in [0.15, 0.2) is 82.7 Å². The summed E-state index contributed by atoms with van der Waals surface area (Å²) in [7, 11) is -4.11. The van der Waals surface area contributed by atoms with Crippen LogP contribution in [0.2, 0.25) is 0 Å². The molecular weight excluding hydrogens is 480 g/mol. The van der Waals surface area contributed by atoms with Gasteiger partial charge in [0.1, 0.15) is 12.1 Å². The van der Waals surface area contributed by atoms with Crippen LogP contribution in [0.5, 0.6) is 0 Å². The number of guanidine groups is 1. The summed E-state index contributed by atoms with van der Waals surface area (Å²) < 4.78 is 29.2. The van der Waals surface area contributed by atoms with Crippen molar-refractivity contribution in [3.05, 3.63) is 78.4 Å². The molecule has 0 spiro atoms. The first-order valence-electron chi connectivity index (χ1n) is 11.4. The van der Waals surface area contributed by atoms with E-state index < -0.39 is 33.9 Å². The van der Waals surface area contributed by atoms with E-state index in [1.165, 1.54) is 6.07 Å². The van der Waals surface area contributed by atoms with Crippen molar-refractivity contribution in [3.63, 3.8) is 0 Å². The molecule has 2 atom stereocenters. The largest absolute Gasteiger partial charge is 0.370 e. The molecule has 0 bridgehead atoms. The van der Waals surface area contributed by atoms with E-state index in [2.05, 4.69) is 15.0 Å². The van der Waals surface area contributed by atoms with Crippen molar-refractivity contribution in [1.82, 2.24) is 10.0 Å². The number of fused-ring (bicyclic) bond motifs is 1. The molecule has 11 heteroatoms. The molecule has 190 valence electrons. The number of nitrogens with zero attached hydrogens (tertiary/aromatic N) is 1. The maximum atomic E-state index is 13.4. The third-order valence-corrected chi connectivity index (χ3v) is 7.07. The number of amides is 2. The van der Waals surface area contributed by atoms with Crippen LogP contribution in [0.25, 0.3) is 10.8 Å². The quantitative estimate of drug-likeness (QED) is 0.136. The third-order valence-electron chi connectivity index (χ3n) is 5.54. The van der Waals surface area contributed by atoms with Gasteiger partial charge >= 0.3 is 0 Å². The van der Waals surface area contributed by atoms with Gasteiger partial charge in [0.2, 0.25) is 21.8 Å². The Morgan fingerprint density at radius 2 is 1.53 bits per heavy atom. The molecule has 3 aromatic carbocycles. The van der Waals surface area contributed by atoms with Gasteiger partial charge in [-0.2, -0.15) is 4.72 Å². The van der Waals surface area contributed by atoms with E-state index in [0.717, 1.165) is 10.9 Å². The second kappa shape index (κ2) is 12.1. The Labute approximate surface area is 210 Å². The molecule has 0 saturated carbocycles. The first kappa shape index (κ1) is 26.6. The van der Waals surface area contributed by atoms with Gasteiger partial charge in [0.05, 0.1) is 4.90 Å². The second-order valence-electron chi connectivity index (χ2n) is 8.25. The Morgan fingerprint density at radius 3 is 2.22 bits per heavy atom. The molecule has 0 aromatic heterocycles. The molecule has 3 rings (SSSR count). The lowest BCUT2D eigenvalue weighted by Crippen LogP contribution is -2.53. The molecule has 0 fully saturated rings. The fourth-order valence-corrected chi connectivity index (χ4v) is 5.23. The Bertz CT molecular complexity index is 1340. The van der Waals surface area contributed by atoms with Crippen LogP contribution < -0.4 is 27.2 Å². The Morgan fingerprint density at radius 1 is 0.861 bits per heavy atom. The highest BCUT2D eigenvalue weighted by Crippen LogP contribution is 2.23. The van der Waals surface area contributed by atoms with Crippen LogP contribution in [-0.2, 0) is 26.0 Å². The minimum atomic E-state index is -4.11. The zero-order chi connectivity index (χ0) is 26.1. The first-order chi connectivity index (χ1) is 17.2. The van der Waals surface area contributed by atoms with E-state index in [0.29, 0.717) is 11.8 Å². The highest BCUT2D eigenvalue weighted by molar-refractivity contribution is 7.89. The van der Waals surface area contributed by atoms with E-state index in [9.17, 15) is 18.0 Å². The van der Waals surface area contributed by atoms with Crippen molar-refractivity contribution in [2.45, 2.75) is 36.2 Å². The summed E-state index contributed by atoms with van der Waals surface area (Å²) in [6.07, 6.45) is 0.566. The number of nitrogens with two attached hydrogens (primary N) is 3. The lowest BCUT2D eigenvalue weighted by Gasteiger charge is -2.22. The third kappa shape index (κ3) is 7.27. The fourth-order valence-electron chi connectivity index (χ4n) is 3.77. The van der Waals surface area contributed by atoms with Crippen LogP contribution in [0.1, 0.15) is 18.4 Å². The normalized spacial score (nSPS) is 13.0. The molecule has 0 saturated heterocycles. The summed E-state index contributed by atoms with van der Waals surface area (Å²) in [5.74, 6) is -1.52. The van der Waals surface area contributed by atoms with Gasteiger partial charge in [-0.15, -0.1) is 0 Å². The summed E-state index contributed by atoms with van der Waals surface area (Å²) in [6, 6.07) is 18.8. The fraction of sp³-hybridized carbons (Fsp3) is 0.240. The molecule has 0 aliphatic heterocycles. The van der Waals surface area contributed by atoms with Gasteiger partial charge in [-0.05, 0) is 29.9 Å². The topological polar surface area (TPSA) is 183 Å². The SMILES string of the molecule is NC(=O)[C@H](Cc1ccccc1)NC(=O)[C@H](CCCN=C(N)N)NS(=O)(=O)c1cccc2ccccc12. The number of hydrogen-bond donors (Lipinski definition) is 5. The maximum Gasteiger partial charge on any atom is 0.241 e. The highest BCUT2D eigenvalue weighted by Gasteiger charge is 2.29. The zero-order valence-electron chi connectivity index (χ0n) is 19.6. The van der Waals surface area contributed by atoms with Crippen LogP contribution >= 0.6 is 0 Å². The monoisotopic (exact) mass is 510 g/mol. The van der Waals surface area contributed by atoms with Crippen LogP contribution in [0.4, 0.5) is 0 Å². The maximum absolute atomic E-state index is 13.4. The van der Waals surface area contributed by atoms with E-state index in [-0.39, 0.29) is 30.2 Å². The second-order valence-corrected chi connectivity index (χ2v) is 9.94. The summed E-state index contributed by atoms with van der Waals surface area (Å²) in [6.45, 7) is 0.200. The predicted octanol–water partition coefficient (Wildman–Crippen LogP) is 0.753. The van der Waals surface area contributed by atoms with Crippen molar-refractivity contribution in [2.75, 3.05) is 6.54 Å². The van der Waals surface area contributed by atoms with Crippen LogP contribution in [-0.4, -0.2) is 44.8 Å². The summed E-state index contributed by atoms with van der Waals surface area (Å²) in [5, 5.41) is 3.86. The van der Waals surface area contributed by atoms with Gasteiger partial charge in [-0.25, -0.2) is 8.42 Å². The van der Waals surface area contributed by atoms with Crippen molar-refractivity contribution in [2.24, 2.45) is 22.2 Å². The number of carbonyl (C=O) groups is 2. The number of primary amides is 1. The van der Waals surface area contributed by atoms with E-state index >= 15 is 0 Å². The first-order valence-corrected chi connectivity index (χ1v) is 12.8. The molecular formula is C25H30N6O4S. The zero-order valence-corrected chi connectivity index (χ0v) is 20.4. The van der Waals surface area contributed by atoms with E-state index in [1.807, 2.05) is 12.1 Å². The Hall–Kier alpha value is -3.96. The number of rotatable bonds is 12. The van der Waals surface area contributed by atoms with Crippen LogP contribution in [0.3, 0.4) is 0 Å². The van der Waals surface area contributed by atoms with Crippen LogP contribution in [0, 0.1) is 0 Å². The Balaban J connectivity index is 1.84. The number of benzene rings is 3. The van der Waals surface area contributed by atoms with Gasteiger partial charge in [-0.3, -0.25) is 14.6 Å². The highest BCUT2D eigenvalue weighted by atomic mass is 32.2. The number of aliphatic imine (C=N–C) groups is 1. The standard InChI is InChI=1S/C25H30N6O4S/c26-23(32)21(16-17-8-2-1-3-9-17)30-24(33)20(13-7-15-29-25(27)28)31-36(34,35)22-14-6-11-18-10-4-5-12-19(18)22/h1-6,8-12,14,20-21,31H,7,13,15-16H2,(H2,26,32)(H,30,33)(H4,27,28,29)/t20-,21-/m0/s1. The van der Waals surface area contributed by atoms with Gasteiger partial charge < -0.3 is 22.5 Å². The predicted molar refractivity (Wildman–Crippen MR) is 139 cm³/mol. The lowest BCUT2D eigenvalue weighted by atomic mass is 10.0. The number of sulfonamides is 1. The van der Waals surface area contributed by atoms with Gasteiger partial charge in [0, 0.05) is 18.4 Å². The molecule has 0 aliphatic rings. The number of hydrogen-bond acceptors (Lipinski definition) is 5. The summed E-state index contributed by atoms with van der Waals surface area (Å²) in [5.41, 5.74) is 17.0. The lowest BCUT2D eigenvalue weighted by molar-refractivity contribution is -0.128. The van der Waals surface area contributed by atoms with Gasteiger partial charge in [-0.1, -0.05) is 66.7 Å². The minimum Gasteiger partial charge on any atom is -0.370 e. The molecule has 2 amide bonds. The van der Waals surface area contributed by atoms with Gasteiger partial charge in [0.15, 0.2) is 5.96 Å². The average molecular weight is 511 g/mol. The summed E-state index contributed by atoms with van der Waals surface area (Å²) in [4.78, 5) is 29.2. The van der Waals surface area contributed by atoms with Crippen molar-refractivity contribution in [3.8, 4) is 0 Å². The molecule has 0 unspecified atom stereocenters. The van der Waals surface area contributed by atoms with Crippen molar-refractivity contribution in [1.29, 1.82) is 0 Å². The molecule has 0 aliphatic carbocycles. The van der Waals surface area contributed by atoms with Gasteiger partial charge in [0.25, 0.3) is 0 Å². The molecule has 0 heterocycles. The minimum absolute atomic E-state index is 0.0401. The van der Waals surface area contributed by atoms with Crippen molar-refractivity contribution < 1.29 is 18.0 Å². The number of carbonyl (C=O) groups excluding carboxylic acids is 2. The average Bonchev–Trinajstić information content (AvgIpc) is 2.85. The molecule has 10 nitrogen and oxygen atoms in total. The van der Waals surface area contributed by atoms with E-state index in [1.54, 1.807) is 54.6 Å². The molecule has 0 radical (unpaired) electrons. The summed E-state index contributed by atoms with van der Waals surface area (Å²) >= 11 is 0.